The van der Waals surface area contributed by atoms with E-state index in [0.717, 1.165) is 0 Å². The minimum absolute atomic E-state index is 0.230. The number of ether oxygens (including phenoxy) is 1. The van der Waals surface area contributed by atoms with Gasteiger partial charge in [0, 0.05) is 0 Å². The Morgan fingerprint density at radius 2 is 2.18 bits per heavy atom. The third kappa shape index (κ3) is 1.67. The van der Waals surface area contributed by atoms with Gasteiger partial charge >= 0.3 is 10.2 Å². The van der Waals surface area contributed by atoms with Gasteiger partial charge in [0.25, 0.3) is 11.8 Å². The fraction of sp³-hybridized carbons (Fsp3) is 0.500. The SMILES string of the molecule is CCOC1=NS(=O)(=O)N=C1O. The van der Waals surface area contributed by atoms with Crippen LogP contribution in [0.1, 0.15) is 6.92 Å². The molecule has 62 valence electrons. The molecule has 7 heteroatoms. The molecule has 1 N–H and O–H groups in total. The fourth-order valence-corrected chi connectivity index (χ4v) is 1.22. The van der Waals surface area contributed by atoms with Crippen LogP contribution in [0.15, 0.2) is 8.80 Å². The summed E-state index contributed by atoms with van der Waals surface area (Å²) >= 11 is 0. The Morgan fingerprint density at radius 3 is 2.55 bits per heavy atom. The highest BCUT2D eigenvalue weighted by molar-refractivity contribution is 7.89. The molecule has 1 heterocycles. The summed E-state index contributed by atoms with van der Waals surface area (Å²) in [5.74, 6) is -1.03. The van der Waals surface area contributed by atoms with E-state index in [0.29, 0.717) is 0 Å². The smallest absolute Gasteiger partial charge is 0.370 e. The van der Waals surface area contributed by atoms with Gasteiger partial charge in [-0.25, -0.2) is 0 Å². The molecular formula is C4H6N2O4S. The second-order valence-corrected chi connectivity index (χ2v) is 2.95. The van der Waals surface area contributed by atoms with Crippen LogP contribution >= 0.6 is 0 Å². The molecule has 0 aliphatic carbocycles. The molecule has 1 aliphatic rings. The van der Waals surface area contributed by atoms with Crippen molar-refractivity contribution in [1.82, 2.24) is 0 Å². The average Bonchev–Trinajstić information content (AvgIpc) is 2.07. The van der Waals surface area contributed by atoms with Crippen molar-refractivity contribution >= 4 is 22.0 Å². The molecular weight excluding hydrogens is 172 g/mol. The molecule has 0 bridgehead atoms. The van der Waals surface area contributed by atoms with Gasteiger partial charge in [0.15, 0.2) is 0 Å². The summed E-state index contributed by atoms with van der Waals surface area (Å²) in [7, 11) is -3.87. The molecule has 11 heavy (non-hydrogen) atoms. The third-order valence-electron chi connectivity index (χ3n) is 0.872. The summed E-state index contributed by atoms with van der Waals surface area (Å²) in [6.07, 6.45) is 0. The predicted molar refractivity (Wildman–Crippen MR) is 38.0 cm³/mol. The predicted octanol–water partition coefficient (Wildman–Crippen LogP) is -0.364. The quantitative estimate of drug-likeness (QED) is 0.593. The van der Waals surface area contributed by atoms with Crippen LogP contribution in [0.3, 0.4) is 0 Å². The maximum absolute atomic E-state index is 10.5. The van der Waals surface area contributed by atoms with Gasteiger partial charge in [0.1, 0.15) is 0 Å². The van der Waals surface area contributed by atoms with E-state index in [1.165, 1.54) is 0 Å². The topological polar surface area (TPSA) is 88.3 Å². The Bertz CT molecular complexity index is 315. The number of hydrogen-bond donors (Lipinski definition) is 1. The number of rotatable bonds is 1. The lowest BCUT2D eigenvalue weighted by molar-refractivity contribution is 0.328. The molecule has 0 aromatic heterocycles. The average molecular weight is 178 g/mol. The zero-order valence-corrected chi connectivity index (χ0v) is 6.50. The van der Waals surface area contributed by atoms with Crippen LogP contribution in [0, 0.1) is 0 Å². The summed E-state index contributed by atoms with van der Waals surface area (Å²) in [6, 6.07) is 0. The third-order valence-corrected chi connectivity index (χ3v) is 1.67. The molecule has 0 aromatic rings. The van der Waals surface area contributed by atoms with E-state index in [2.05, 4.69) is 13.5 Å². The highest BCUT2D eigenvalue weighted by Crippen LogP contribution is 2.05. The molecule has 1 rings (SSSR count). The maximum Gasteiger partial charge on any atom is 0.370 e. The monoisotopic (exact) mass is 178 g/mol. The molecule has 0 radical (unpaired) electrons. The van der Waals surface area contributed by atoms with Crippen LogP contribution in [0.2, 0.25) is 0 Å². The van der Waals surface area contributed by atoms with Gasteiger partial charge in [-0.15, -0.1) is 8.80 Å². The molecule has 0 unspecified atom stereocenters. The van der Waals surface area contributed by atoms with E-state index in [-0.39, 0.29) is 12.5 Å². The molecule has 0 saturated heterocycles. The zero-order valence-electron chi connectivity index (χ0n) is 5.68. The van der Waals surface area contributed by atoms with Gasteiger partial charge in [0.2, 0.25) is 0 Å². The van der Waals surface area contributed by atoms with Crippen molar-refractivity contribution in [3.8, 4) is 0 Å². The van der Waals surface area contributed by atoms with E-state index >= 15 is 0 Å². The van der Waals surface area contributed by atoms with Crippen LogP contribution in [0.4, 0.5) is 0 Å². The highest BCUT2D eigenvalue weighted by Gasteiger charge is 2.24. The lowest BCUT2D eigenvalue weighted by Gasteiger charge is -1.96. The minimum atomic E-state index is -3.87. The van der Waals surface area contributed by atoms with Gasteiger partial charge in [-0.05, 0) is 6.92 Å². The summed E-state index contributed by atoms with van der Waals surface area (Å²) in [5.41, 5.74) is 0. The van der Waals surface area contributed by atoms with Crippen molar-refractivity contribution < 1.29 is 18.3 Å². The molecule has 0 fully saturated rings. The van der Waals surface area contributed by atoms with Crippen LogP contribution in [-0.2, 0) is 14.9 Å². The molecule has 0 amide bonds. The largest absolute Gasteiger partial charge is 0.489 e. The number of aliphatic hydroxyl groups is 1. The van der Waals surface area contributed by atoms with E-state index < -0.39 is 16.1 Å². The second-order valence-electron chi connectivity index (χ2n) is 1.69. The fourth-order valence-electron chi connectivity index (χ4n) is 0.542. The first-order chi connectivity index (χ1) is 5.05. The van der Waals surface area contributed by atoms with Gasteiger partial charge in [-0.2, -0.15) is 8.42 Å². The van der Waals surface area contributed by atoms with Crippen molar-refractivity contribution in [2.45, 2.75) is 6.92 Å². The lowest BCUT2D eigenvalue weighted by atomic mass is 10.6. The van der Waals surface area contributed by atoms with Gasteiger partial charge in [0.05, 0.1) is 6.61 Å². The Hall–Kier alpha value is -1.11. The van der Waals surface area contributed by atoms with E-state index in [9.17, 15) is 8.42 Å². The first-order valence-corrected chi connectivity index (χ1v) is 4.22. The van der Waals surface area contributed by atoms with Crippen LogP contribution in [0.25, 0.3) is 0 Å². The molecule has 6 nitrogen and oxygen atoms in total. The Kier molecular flexibility index (Phi) is 1.81. The Balaban J connectivity index is 2.95. The normalized spacial score (nSPS) is 20.8. The summed E-state index contributed by atoms with van der Waals surface area (Å²) in [4.78, 5) is 0. The van der Waals surface area contributed by atoms with Gasteiger partial charge in [-0.3, -0.25) is 0 Å². The van der Waals surface area contributed by atoms with Crippen LogP contribution in [0.5, 0.6) is 0 Å². The molecule has 0 atom stereocenters. The van der Waals surface area contributed by atoms with E-state index in [1.807, 2.05) is 0 Å². The zero-order chi connectivity index (χ0) is 8.48. The number of hydrogen-bond acceptors (Lipinski definition) is 3. The molecule has 1 aliphatic heterocycles. The van der Waals surface area contributed by atoms with Crippen molar-refractivity contribution in [2.75, 3.05) is 6.61 Å². The minimum Gasteiger partial charge on any atom is -0.489 e. The lowest BCUT2D eigenvalue weighted by Crippen LogP contribution is -2.13. The van der Waals surface area contributed by atoms with E-state index in [4.69, 9.17) is 5.11 Å². The maximum atomic E-state index is 10.5. The first-order valence-electron chi connectivity index (χ1n) is 2.82. The Morgan fingerprint density at radius 1 is 1.55 bits per heavy atom. The summed E-state index contributed by atoms with van der Waals surface area (Å²) in [6.45, 7) is 1.87. The highest BCUT2D eigenvalue weighted by atomic mass is 32.2. The molecule has 0 spiro atoms. The summed E-state index contributed by atoms with van der Waals surface area (Å²) < 4.78 is 31.5. The number of aliphatic hydroxyl groups excluding tert-OH is 1. The van der Waals surface area contributed by atoms with Crippen molar-refractivity contribution in [2.24, 2.45) is 8.80 Å². The summed E-state index contributed by atoms with van der Waals surface area (Å²) in [5, 5.41) is 8.77. The van der Waals surface area contributed by atoms with E-state index in [1.54, 1.807) is 6.92 Å². The van der Waals surface area contributed by atoms with Crippen molar-refractivity contribution in [1.29, 1.82) is 0 Å². The van der Waals surface area contributed by atoms with Crippen LogP contribution in [-0.4, -0.2) is 31.9 Å². The van der Waals surface area contributed by atoms with Crippen molar-refractivity contribution in [3.63, 3.8) is 0 Å². The van der Waals surface area contributed by atoms with Gasteiger partial charge in [-0.1, -0.05) is 0 Å². The van der Waals surface area contributed by atoms with Crippen molar-refractivity contribution in [3.05, 3.63) is 0 Å². The van der Waals surface area contributed by atoms with Gasteiger partial charge < -0.3 is 9.84 Å². The van der Waals surface area contributed by atoms with Crippen LogP contribution < -0.4 is 0 Å². The standard InChI is InChI=1S/C4H6N2O4S/c1-2-10-4-3(7)5-11(8,9)6-4/h2H2,1H3,(H,5,7). The number of nitrogens with zero attached hydrogens (tertiary/aromatic N) is 2. The first kappa shape index (κ1) is 7.99. The second kappa shape index (κ2) is 2.50. The molecule has 0 aromatic carbocycles. The Labute approximate surface area is 63.4 Å². The molecule has 0 saturated carbocycles.